The van der Waals surface area contributed by atoms with Gasteiger partial charge in [0.1, 0.15) is 5.69 Å². The summed E-state index contributed by atoms with van der Waals surface area (Å²) >= 11 is 0. The molecule has 0 aliphatic heterocycles. The second-order valence-corrected chi connectivity index (χ2v) is 5.55. The summed E-state index contributed by atoms with van der Waals surface area (Å²) in [5.74, 6) is -0.839. The van der Waals surface area contributed by atoms with E-state index < -0.39 is 10.8 Å². The lowest BCUT2D eigenvalue weighted by molar-refractivity contribution is -0.383. The first-order valence-electron chi connectivity index (χ1n) is 7.29. The molecule has 0 aromatic heterocycles. The smallest absolute Gasteiger partial charge is 0.292 e. The van der Waals surface area contributed by atoms with Crippen LogP contribution in [0.3, 0.4) is 0 Å². The Kier molecular flexibility index (Phi) is 4.93. The lowest BCUT2D eigenvalue weighted by Gasteiger charge is -2.10. The second kappa shape index (κ2) is 6.91. The van der Waals surface area contributed by atoms with Crippen molar-refractivity contribution in [3.8, 4) is 0 Å². The van der Waals surface area contributed by atoms with Crippen LogP contribution in [0, 0.1) is 16.0 Å². The van der Waals surface area contributed by atoms with Gasteiger partial charge >= 0.3 is 0 Å². The largest absolute Gasteiger partial charge is 0.398 e. The standard InChI is InChI=1S/C17H17N3O4/c1-10(2)16(21)11-7-8-12(13(18)9-11)17(22)19-14-5-3-4-6-15(14)20(23)24/h3-10H,18H2,1-2H3,(H,19,22). The molecule has 0 unspecified atom stereocenters. The maximum absolute atomic E-state index is 12.3. The highest BCUT2D eigenvalue weighted by Crippen LogP contribution is 2.25. The van der Waals surface area contributed by atoms with E-state index in [0.717, 1.165) is 0 Å². The number of hydrogen-bond donors (Lipinski definition) is 2. The van der Waals surface area contributed by atoms with Gasteiger partial charge in [-0.3, -0.25) is 19.7 Å². The molecule has 0 saturated heterocycles. The number of para-hydroxylation sites is 2. The maximum atomic E-state index is 12.3. The first-order valence-corrected chi connectivity index (χ1v) is 7.29. The van der Waals surface area contributed by atoms with E-state index in [9.17, 15) is 19.7 Å². The molecule has 1 amide bonds. The summed E-state index contributed by atoms with van der Waals surface area (Å²) in [5, 5.41) is 13.5. The molecule has 7 nitrogen and oxygen atoms in total. The molecule has 2 aromatic carbocycles. The lowest BCUT2D eigenvalue weighted by Crippen LogP contribution is -2.16. The van der Waals surface area contributed by atoms with Gasteiger partial charge in [0.25, 0.3) is 11.6 Å². The van der Waals surface area contributed by atoms with Crippen LogP contribution in [0.4, 0.5) is 17.1 Å². The third-order valence-corrected chi connectivity index (χ3v) is 3.45. The Hall–Kier alpha value is -3.22. The Balaban J connectivity index is 2.28. The number of amides is 1. The minimum absolute atomic E-state index is 0.0765. The number of nitrogens with one attached hydrogen (secondary N) is 1. The Morgan fingerprint density at radius 3 is 2.42 bits per heavy atom. The summed E-state index contributed by atoms with van der Waals surface area (Å²) in [6.45, 7) is 3.54. The van der Waals surface area contributed by atoms with Crippen LogP contribution in [0.2, 0.25) is 0 Å². The normalized spacial score (nSPS) is 10.5. The number of nitro groups is 1. The molecule has 0 aliphatic rings. The first-order chi connectivity index (χ1) is 11.3. The molecule has 124 valence electrons. The number of nitrogen functional groups attached to an aromatic ring is 1. The van der Waals surface area contributed by atoms with Crippen molar-refractivity contribution in [2.24, 2.45) is 5.92 Å². The van der Waals surface area contributed by atoms with Crippen molar-refractivity contribution in [2.75, 3.05) is 11.1 Å². The van der Waals surface area contributed by atoms with Crippen LogP contribution in [0.15, 0.2) is 42.5 Å². The SMILES string of the molecule is CC(C)C(=O)c1ccc(C(=O)Nc2ccccc2[N+](=O)[O-])c(N)c1. The molecule has 0 saturated carbocycles. The van der Waals surface area contributed by atoms with E-state index in [1.807, 2.05) is 0 Å². The van der Waals surface area contributed by atoms with Gasteiger partial charge in [-0.2, -0.15) is 0 Å². The maximum Gasteiger partial charge on any atom is 0.292 e. The van der Waals surface area contributed by atoms with Crippen LogP contribution in [-0.2, 0) is 0 Å². The highest BCUT2D eigenvalue weighted by molar-refractivity contribution is 6.09. The zero-order chi connectivity index (χ0) is 17.9. The number of carbonyl (C=O) groups is 2. The van der Waals surface area contributed by atoms with E-state index >= 15 is 0 Å². The highest BCUT2D eigenvalue weighted by Gasteiger charge is 2.18. The molecule has 0 radical (unpaired) electrons. The average Bonchev–Trinajstić information content (AvgIpc) is 2.54. The molecular formula is C17H17N3O4. The third kappa shape index (κ3) is 3.57. The number of nitrogens with zero attached hydrogens (tertiary/aromatic N) is 1. The number of Topliss-reactive ketones (excluding diaryl/α,β-unsaturated/α-hetero) is 1. The number of nitro benzene ring substituents is 1. The van der Waals surface area contributed by atoms with Gasteiger partial charge in [0.2, 0.25) is 0 Å². The molecule has 3 N–H and O–H groups in total. The molecule has 2 rings (SSSR count). The van der Waals surface area contributed by atoms with Crippen molar-refractivity contribution >= 4 is 28.8 Å². The van der Waals surface area contributed by atoms with E-state index in [2.05, 4.69) is 5.32 Å². The number of hydrogen-bond acceptors (Lipinski definition) is 5. The molecule has 24 heavy (non-hydrogen) atoms. The van der Waals surface area contributed by atoms with Gasteiger partial charge in [-0.25, -0.2) is 0 Å². The predicted octanol–water partition coefficient (Wildman–Crippen LogP) is 3.27. The summed E-state index contributed by atoms with van der Waals surface area (Å²) in [6.07, 6.45) is 0. The highest BCUT2D eigenvalue weighted by atomic mass is 16.6. The molecule has 0 bridgehead atoms. The lowest BCUT2D eigenvalue weighted by atomic mass is 9.99. The quantitative estimate of drug-likeness (QED) is 0.378. The van der Waals surface area contributed by atoms with Crippen molar-refractivity contribution in [2.45, 2.75) is 13.8 Å². The van der Waals surface area contributed by atoms with Gasteiger partial charge in [0.15, 0.2) is 5.78 Å². The summed E-state index contributed by atoms with van der Waals surface area (Å²) in [7, 11) is 0. The fraction of sp³-hybridized carbons (Fsp3) is 0.176. The Labute approximate surface area is 138 Å². The molecule has 7 heteroatoms. The van der Waals surface area contributed by atoms with Crippen molar-refractivity contribution < 1.29 is 14.5 Å². The summed E-state index contributed by atoms with van der Waals surface area (Å²) < 4.78 is 0. The summed E-state index contributed by atoms with van der Waals surface area (Å²) in [4.78, 5) is 34.7. The van der Waals surface area contributed by atoms with Crippen LogP contribution in [0.5, 0.6) is 0 Å². The van der Waals surface area contributed by atoms with E-state index in [1.54, 1.807) is 19.9 Å². The van der Waals surface area contributed by atoms with Crippen molar-refractivity contribution in [3.05, 3.63) is 63.7 Å². The summed E-state index contributed by atoms with van der Waals surface area (Å²) in [6, 6.07) is 10.2. The van der Waals surface area contributed by atoms with Crippen LogP contribution in [0.25, 0.3) is 0 Å². The number of benzene rings is 2. The number of anilines is 2. The number of carbonyl (C=O) groups excluding carboxylic acids is 2. The third-order valence-electron chi connectivity index (χ3n) is 3.45. The molecule has 0 fully saturated rings. The average molecular weight is 327 g/mol. The minimum atomic E-state index is -0.580. The molecule has 0 atom stereocenters. The zero-order valence-electron chi connectivity index (χ0n) is 13.3. The van der Waals surface area contributed by atoms with E-state index in [-0.39, 0.29) is 34.3 Å². The van der Waals surface area contributed by atoms with E-state index in [1.165, 1.54) is 36.4 Å². The monoisotopic (exact) mass is 327 g/mol. The fourth-order valence-corrected chi connectivity index (χ4v) is 2.18. The number of rotatable bonds is 5. The van der Waals surface area contributed by atoms with Gasteiger partial charge < -0.3 is 11.1 Å². The predicted molar refractivity (Wildman–Crippen MR) is 91.1 cm³/mol. The minimum Gasteiger partial charge on any atom is -0.398 e. The molecule has 0 heterocycles. The Bertz CT molecular complexity index is 815. The van der Waals surface area contributed by atoms with Crippen LogP contribution in [-0.4, -0.2) is 16.6 Å². The second-order valence-electron chi connectivity index (χ2n) is 5.55. The van der Waals surface area contributed by atoms with Crippen molar-refractivity contribution in [3.63, 3.8) is 0 Å². The first kappa shape index (κ1) is 17.1. The zero-order valence-corrected chi connectivity index (χ0v) is 13.3. The topological polar surface area (TPSA) is 115 Å². The van der Waals surface area contributed by atoms with Crippen molar-refractivity contribution in [1.82, 2.24) is 0 Å². The van der Waals surface area contributed by atoms with Crippen LogP contribution >= 0.6 is 0 Å². The molecule has 0 spiro atoms. The Morgan fingerprint density at radius 1 is 1.17 bits per heavy atom. The van der Waals surface area contributed by atoms with Gasteiger partial charge in [0.05, 0.1) is 10.5 Å². The van der Waals surface area contributed by atoms with Crippen molar-refractivity contribution in [1.29, 1.82) is 0 Å². The molecule has 0 aliphatic carbocycles. The van der Waals surface area contributed by atoms with Crippen LogP contribution in [0.1, 0.15) is 34.6 Å². The van der Waals surface area contributed by atoms with E-state index in [4.69, 9.17) is 5.73 Å². The van der Waals surface area contributed by atoms with Gasteiger partial charge in [-0.15, -0.1) is 0 Å². The number of nitrogens with two attached hydrogens (primary N) is 1. The van der Waals surface area contributed by atoms with Gasteiger partial charge in [-0.1, -0.05) is 32.0 Å². The number of ketones is 1. The summed E-state index contributed by atoms with van der Waals surface area (Å²) in [5.41, 5.74) is 6.44. The molecular weight excluding hydrogens is 310 g/mol. The van der Waals surface area contributed by atoms with Gasteiger partial charge in [0, 0.05) is 23.2 Å². The fourth-order valence-electron chi connectivity index (χ4n) is 2.18. The van der Waals surface area contributed by atoms with E-state index in [0.29, 0.717) is 5.56 Å². The van der Waals surface area contributed by atoms with Gasteiger partial charge in [-0.05, 0) is 18.2 Å². The Morgan fingerprint density at radius 2 is 1.83 bits per heavy atom. The van der Waals surface area contributed by atoms with Crippen LogP contribution < -0.4 is 11.1 Å². The molecule has 2 aromatic rings.